The lowest BCUT2D eigenvalue weighted by Crippen LogP contribution is -2.03. The van der Waals surface area contributed by atoms with Crippen LogP contribution in [0.15, 0.2) is 29.1 Å². The molecule has 0 spiro atoms. The highest BCUT2D eigenvalue weighted by Crippen LogP contribution is 2.20. The van der Waals surface area contributed by atoms with Crippen molar-refractivity contribution in [2.24, 2.45) is 0 Å². The first-order valence-electron chi connectivity index (χ1n) is 4.47. The summed E-state index contributed by atoms with van der Waals surface area (Å²) < 4.78 is 5.18. The summed E-state index contributed by atoms with van der Waals surface area (Å²) in [6.45, 7) is 1.91. The highest BCUT2D eigenvalue weighted by molar-refractivity contribution is 5.17. The summed E-state index contributed by atoms with van der Waals surface area (Å²) in [6.07, 6.45) is 4.79. The van der Waals surface area contributed by atoms with Crippen LogP contribution >= 0.6 is 0 Å². The van der Waals surface area contributed by atoms with Crippen LogP contribution in [0.5, 0.6) is 0 Å². The first kappa shape index (κ1) is 9.02. The van der Waals surface area contributed by atoms with E-state index < -0.39 is 6.10 Å². The topological polar surface area (TPSA) is 62.1 Å². The number of hydrogen-bond acceptors (Lipinski definition) is 3. The largest absolute Gasteiger partial charge is 0.466 e. The van der Waals surface area contributed by atoms with Gasteiger partial charge in [0, 0.05) is 18.8 Å². The van der Waals surface area contributed by atoms with E-state index in [1.54, 1.807) is 18.7 Å². The first-order chi connectivity index (χ1) is 6.77. The molecule has 0 saturated carbocycles. The second-order valence-corrected chi connectivity index (χ2v) is 3.22. The number of aliphatic hydroxyl groups excluding tert-OH is 1. The van der Waals surface area contributed by atoms with Gasteiger partial charge in [-0.05, 0) is 18.6 Å². The highest BCUT2D eigenvalue weighted by Gasteiger charge is 2.15. The number of nitrogens with one attached hydrogen (secondary N) is 1. The zero-order valence-corrected chi connectivity index (χ0v) is 7.90. The quantitative estimate of drug-likeness (QED) is 0.776. The Labute approximate surface area is 81.6 Å². The number of H-pyrrole nitrogens is 1. The Morgan fingerprint density at radius 2 is 2.50 bits per heavy atom. The van der Waals surface area contributed by atoms with Gasteiger partial charge < -0.3 is 14.5 Å². The van der Waals surface area contributed by atoms with E-state index in [9.17, 15) is 5.11 Å². The van der Waals surface area contributed by atoms with Crippen molar-refractivity contribution < 1.29 is 9.52 Å². The minimum atomic E-state index is -0.629. The van der Waals surface area contributed by atoms with E-state index in [4.69, 9.17) is 4.42 Å². The predicted molar refractivity (Wildman–Crippen MR) is 50.7 cm³/mol. The molecule has 14 heavy (non-hydrogen) atoms. The second-order valence-electron chi connectivity index (χ2n) is 3.22. The monoisotopic (exact) mass is 192 g/mol. The van der Waals surface area contributed by atoms with E-state index in [0.29, 0.717) is 12.2 Å². The van der Waals surface area contributed by atoms with Crippen molar-refractivity contribution in [2.75, 3.05) is 0 Å². The van der Waals surface area contributed by atoms with Crippen LogP contribution in [0, 0.1) is 6.92 Å². The molecule has 0 aliphatic carbocycles. The summed E-state index contributed by atoms with van der Waals surface area (Å²) in [4.78, 5) is 6.98. The third-order valence-electron chi connectivity index (χ3n) is 2.15. The Morgan fingerprint density at radius 1 is 1.64 bits per heavy atom. The molecule has 1 atom stereocenters. The number of aliphatic hydroxyl groups is 1. The van der Waals surface area contributed by atoms with Gasteiger partial charge in [-0.15, -0.1) is 0 Å². The van der Waals surface area contributed by atoms with Crippen LogP contribution in [0.2, 0.25) is 0 Å². The molecule has 0 saturated heterocycles. The van der Waals surface area contributed by atoms with Crippen molar-refractivity contribution >= 4 is 0 Å². The molecule has 0 aromatic carbocycles. The van der Waals surface area contributed by atoms with Gasteiger partial charge in [0.25, 0.3) is 0 Å². The fourth-order valence-electron chi connectivity index (χ4n) is 1.41. The van der Waals surface area contributed by atoms with Gasteiger partial charge in [-0.25, -0.2) is 4.98 Å². The Balaban J connectivity index is 2.10. The van der Waals surface area contributed by atoms with Crippen LogP contribution in [0.25, 0.3) is 0 Å². The van der Waals surface area contributed by atoms with Crippen LogP contribution in [-0.4, -0.2) is 15.1 Å². The Bertz CT molecular complexity index is 392. The third-order valence-corrected chi connectivity index (χ3v) is 2.15. The molecule has 2 heterocycles. The molecule has 4 nitrogen and oxygen atoms in total. The van der Waals surface area contributed by atoms with Crippen molar-refractivity contribution in [3.8, 4) is 0 Å². The van der Waals surface area contributed by atoms with Crippen LogP contribution in [0.1, 0.15) is 23.3 Å². The molecule has 0 bridgehead atoms. The molecule has 1 unspecified atom stereocenters. The number of rotatable bonds is 3. The van der Waals surface area contributed by atoms with Crippen molar-refractivity contribution in [1.82, 2.24) is 9.97 Å². The average molecular weight is 192 g/mol. The van der Waals surface area contributed by atoms with Gasteiger partial charge in [-0.2, -0.15) is 0 Å². The molecule has 4 heteroatoms. The van der Waals surface area contributed by atoms with E-state index in [-0.39, 0.29) is 0 Å². The minimum Gasteiger partial charge on any atom is -0.466 e. The van der Waals surface area contributed by atoms with Crippen LogP contribution in [0.3, 0.4) is 0 Å². The third kappa shape index (κ3) is 1.70. The normalized spacial score (nSPS) is 13.0. The molecule has 0 aliphatic heterocycles. The lowest BCUT2D eigenvalue weighted by Gasteiger charge is -2.06. The van der Waals surface area contributed by atoms with Crippen molar-refractivity contribution in [3.05, 3.63) is 41.9 Å². The van der Waals surface area contributed by atoms with E-state index in [2.05, 4.69) is 9.97 Å². The summed E-state index contributed by atoms with van der Waals surface area (Å²) in [5.41, 5.74) is 0.962. The number of aromatic nitrogens is 2. The molecular formula is C10H12N2O2. The number of imidazole rings is 1. The summed E-state index contributed by atoms with van der Waals surface area (Å²) >= 11 is 0. The van der Waals surface area contributed by atoms with Crippen molar-refractivity contribution in [3.63, 3.8) is 0 Å². The maximum Gasteiger partial charge on any atom is 0.135 e. The molecule has 2 aromatic rings. The van der Waals surface area contributed by atoms with E-state index in [1.807, 2.05) is 13.0 Å². The molecule has 0 amide bonds. The van der Waals surface area contributed by atoms with Crippen molar-refractivity contribution in [1.29, 1.82) is 0 Å². The van der Waals surface area contributed by atoms with Crippen LogP contribution < -0.4 is 0 Å². The number of nitrogens with zero attached hydrogens (tertiary/aromatic N) is 1. The van der Waals surface area contributed by atoms with E-state index >= 15 is 0 Å². The lowest BCUT2D eigenvalue weighted by molar-refractivity contribution is 0.147. The van der Waals surface area contributed by atoms with Gasteiger partial charge in [0.15, 0.2) is 0 Å². The maximum atomic E-state index is 9.81. The standard InChI is InChI=1S/C10H12N2O2/c1-7-2-5-14-10(7)8(13)6-9-11-3-4-12-9/h2-5,8,13H,6H2,1H3,(H,11,12). The average Bonchev–Trinajstić information content (AvgIpc) is 2.75. The molecule has 0 aliphatic rings. The summed E-state index contributed by atoms with van der Waals surface area (Å²) in [7, 11) is 0. The number of furan rings is 1. The summed E-state index contributed by atoms with van der Waals surface area (Å²) in [5, 5.41) is 9.81. The smallest absolute Gasteiger partial charge is 0.135 e. The Hall–Kier alpha value is -1.55. The Morgan fingerprint density at radius 3 is 3.07 bits per heavy atom. The first-order valence-corrected chi connectivity index (χ1v) is 4.47. The predicted octanol–water partition coefficient (Wildman–Crippen LogP) is 1.59. The lowest BCUT2D eigenvalue weighted by atomic mass is 10.1. The maximum absolute atomic E-state index is 9.81. The SMILES string of the molecule is Cc1ccoc1C(O)Cc1ncc[nH]1. The number of hydrogen-bond donors (Lipinski definition) is 2. The zero-order valence-electron chi connectivity index (χ0n) is 7.90. The summed E-state index contributed by atoms with van der Waals surface area (Å²) in [5.74, 6) is 1.37. The van der Waals surface area contributed by atoms with Gasteiger partial charge in [0.2, 0.25) is 0 Å². The van der Waals surface area contributed by atoms with Gasteiger partial charge in [0.05, 0.1) is 6.26 Å². The number of aromatic amines is 1. The highest BCUT2D eigenvalue weighted by atomic mass is 16.4. The summed E-state index contributed by atoms with van der Waals surface area (Å²) in [6, 6.07) is 1.83. The van der Waals surface area contributed by atoms with Crippen molar-refractivity contribution in [2.45, 2.75) is 19.4 Å². The minimum absolute atomic E-state index is 0.446. The molecule has 74 valence electrons. The van der Waals surface area contributed by atoms with Crippen LogP contribution in [-0.2, 0) is 6.42 Å². The van der Waals surface area contributed by atoms with Gasteiger partial charge >= 0.3 is 0 Å². The Kier molecular flexibility index (Phi) is 2.37. The molecule has 2 N–H and O–H groups in total. The van der Waals surface area contributed by atoms with Crippen LogP contribution in [0.4, 0.5) is 0 Å². The molecule has 2 aromatic heterocycles. The fourth-order valence-corrected chi connectivity index (χ4v) is 1.41. The fraction of sp³-hybridized carbons (Fsp3) is 0.300. The molecular weight excluding hydrogens is 180 g/mol. The zero-order chi connectivity index (χ0) is 9.97. The van der Waals surface area contributed by atoms with E-state index in [1.165, 1.54) is 0 Å². The molecule has 0 radical (unpaired) electrons. The van der Waals surface area contributed by atoms with Gasteiger partial charge in [0.1, 0.15) is 17.7 Å². The molecule has 2 rings (SSSR count). The second kappa shape index (κ2) is 3.67. The number of aryl methyl sites for hydroxylation is 1. The van der Waals surface area contributed by atoms with Gasteiger partial charge in [-0.3, -0.25) is 0 Å². The van der Waals surface area contributed by atoms with Gasteiger partial charge in [-0.1, -0.05) is 0 Å². The molecule has 0 fully saturated rings. The van der Waals surface area contributed by atoms with E-state index in [0.717, 1.165) is 11.4 Å².